The SMILES string of the molecule is N[C@H](CO)c1ccc(F)c(C(F)(F)F)c1. The van der Waals surface area contributed by atoms with Crippen LogP contribution in [0.25, 0.3) is 0 Å². The molecule has 0 aliphatic rings. The predicted octanol–water partition coefficient (Wildman–Crippen LogP) is 1.84. The van der Waals surface area contributed by atoms with Crippen molar-refractivity contribution in [1.29, 1.82) is 0 Å². The molecule has 0 heterocycles. The van der Waals surface area contributed by atoms with Gasteiger partial charge in [0.2, 0.25) is 0 Å². The van der Waals surface area contributed by atoms with Crippen LogP contribution >= 0.6 is 0 Å². The van der Waals surface area contributed by atoms with E-state index in [9.17, 15) is 17.6 Å². The topological polar surface area (TPSA) is 46.2 Å². The summed E-state index contributed by atoms with van der Waals surface area (Å²) in [5, 5.41) is 8.65. The Morgan fingerprint density at radius 2 is 1.93 bits per heavy atom. The minimum absolute atomic E-state index is 0.0474. The van der Waals surface area contributed by atoms with Crippen molar-refractivity contribution in [3.8, 4) is 0 Å². The van der Waals surface area contributed by atoms with Crippen molar-refractivity contribution in [2.45, 2.75) is 12.2 Å². The Hall–Kier alpha value is -1.14. The van der Waals surface area contributed by atoms with Gasteiger partial charge in [-0.05, 0) is 17.7 Å². The zero-order valence-electron chi connectivity index (χ0n) is 7.55. The maximum absolute atomic E-state index is 12.8. The average molecular weight is 223 g/mol. The van der Waals surface area contributed by atoms with Crippen LogP contribution in [0.4, 0.5) is 17.6 Å². The van der Waals surface area contributed by atoms with Gasteiger partial charge in [-0.1, -0.05) is 6.07 Å². The lowest BCUT2D eigenvalue weighted by molar-refractivity contribution is -0.140. The van der Waals surface area contributed by atoms with Crippen molar-refractivity contribution >= 4 is 0 Å². The molecule has 0 radical (unpaired) electrons. The number of rotatable bonds is 2. The third-order valence-electron chi connectivity index (χ3n) is 1.92. The molecule has 0 saturated heterocycles. The molecule has 84 valence electrons. The molecule has 0 fully saturated rings. The third kappa shape index (κ3) is 2.66. The molecule has 0 aliphatic carbocycles. The van der Waals surface area contributed by atoms with Gasteiger partial charge in [0.15, 0.2) is 0 Å². The predicted molar refractivity (Wildman–Crippen MR) is 45.4 cm³/mol. The molecule has 0 aliphatic heterocycles. The van der Waals surface area contributed by atoms with Crippen LogP contribution in [-0.2, 0) is 6.18 Å². The summed E-state index contributed by atoms with van der Waals surface area (Å²) in [6.45, 7) is -0.497. The highest BCUT2D eigenvalue weighted by molar-refractivity contribution is 5.29. The lowest BCUT2D eigenvalue weighted by atomic mass is 10.0. The van der Waals surface area contributed by atoms with Crippen molar-refractivity contribution in [1.82, 2.24) is 0 Å². The summed E-state index contributed by atoms with van der Waals surface area (Å²) >= 11 is 0. The van der Waals surface area contributed by atoms with E-state index >= 15 is 0 Å². The van der Waals surface area contributed by atoms with Gasteiger partial charge in [0.1, 0.15) is 5.82 Å². The number of aliphatic hydroxyl groups excluding tert-OH is 1. The molecule has 1 rings (SSSR count). The zero-order chi connectivity index (χ0) is 11.6. The molecule has 1 atom stereocenters. The molecular weight excluding hydrogens is 214 g/mol. The number of hydrogen-bond donors (Lipinski definition) is 2. The highest BCUT2D eigenvalue weighted by Gasteiger charge is 2.34. The van der Waals surface area contributed by atoms with Gasteiger partial charge < -0.3 is 10.8 Å². The summed E-state index contributed by atoms with van der Waals surface area (Å²) in [7, 11) is 0. The van der Waals surface area contributed by atoms with E-state index in [2.05, 4.69) is 0 Å². The van der Waals surface area contributed by atoms with E-state index in [1.807, 2.05) is 0 Å². The minimum Gasteiger partial charge on any atom is -0.394 e. The Morgan fingerprint density at radius 1 is 1.33 bits per heavy atom. The van der Waals surface area contributed by atoms with Crippen molar-refractivity contribution in [3.05, 3.63) is 35.1 Å². The van der Waals surface area contributed by atoms with Crippen LogP contribution in [0.3, 0.4) is 0 Å². The molecule has 6 heteroatoms. The van der Waals surface area contributed by atoms with Gasteiger partial charge >= 0.3 is 6.18 Å². The second-order valence-electron chi connectivity index (χ2n) is 3.03. The summed E-state index contributed by atoms with van der Waals surface area (Å²) in [6, 6.07) is 1.47. The number of halogens is 4. The van der Waals surface area contributed by atoms with Crippen LogP contribution < -0.4 is 5.73 Å². The molecule has 0 amide bonds. The lowest BCUT2D eigenvalue weighted by Gasteiger charge is -2.13. The fourth-order valence-corrected chi connectivity index (χ4v) is 1.10. The van der Waals surface area contributed by atoms with E-state index < -0.39 is 30.2 Å². The molecule has 0 unspecified atom stereocenters. The minimum atomic E-state index is -4.75. The highest BCUT2D eigenvalue weighted by Crippen LogP contribution is 2.32. The lowest BCUT2D eigenvalue weighted by Crippen LogP contribution is -2.16. The van der Waals surface area contributed by atoms with Crippen LogP contribution in [0.1, 0.15) is 17.2 Å². The maximum Gasteiger partial charge on any atom is 0.419 e. The van der Waals surface area contributed by atoms with Gasteiger partial charge in [-0.2, -0.15) is 13.2 Å². The van der Waals surface area contributed by atoms with Crippen LogP contribution in [0.2, 0.25) is 0 Å². The molecule has 0 spiro atoms. The normalized spacial score (nSPS) is 14.0. The standard InChI is InChI=1S/C9H9F4NO/c10-7-2-1-5(8(14)4-15)3-6(7)9(11,12)13/h1-3,8,15H,4,14H2/t8-/m1/s1. The van der Waals surface area contributed by atoms with Gasteiger partial charge in [-0.25, -0.2) is 4.39 Å². The number of alkyl halides is 3. The summed E-state index contributed by atoms with van der Waals surface area (Å²) in [6.07, 6.45) is -4.75. The first-order chi connectivity index (χ1) is 6.86. The Balaban J connectivity index is 3.17. The number of nitrogens with two attached hydrogens (primary N) is 1. The number of aliphatic hydroxyl groups is 1. The Kier molecular flexibility index (Phi) is 3.31. The van der Waals surface area contributed by atoms with E-state index in [1.165, 1.54) is 0 Å². The quantitative estimate of drug-likeness (QED) is 0.751. The first-order valence-electron chi connectivity index (χ1n) is 4.09. The fraction of sp³-hybridized carbons (Fsp3) is 0.333. The molecule has 15 heavy (non-hydrogen) atoms. The van der Waals surface area contributed by atoms with Crippen molar-refractivity contribution in [2.24, 2.45) is 5.73 Å². The van der Waals surface area contributed by atoms with Crippen molar-refractivity contribution < 1.29 is 22.7 Å². The molecule has 1 aromatic carbocycles. The Bertz CT molecular complexity index is 350. The Morgan fingerprint density at radius 3 is 2.40 bits per heavy atom. The summed E-state index contributed by atoms with van der Waals surface area (Å²) < 4.78 is 49.6. The molecular formula is C9H9F4NO. The number of benzene rings is 1. The van der Waals surface area contributed by atoms with Crippen LogP contribution in [-0.4, -0.2) is 11.7 Å². The van der Waals surface area contributed by atoms with Crippen LogP contribution in [0.15, 0.2) is 18.2 Å². The molecule has 2 nitrogen and oxygen atoms in total. The van der Waals surface area contributed by atoms with Gasteiger partial charge in [0.05, 0.1) is 18.2 Å². The fourth-order valence-electron chi connectivity index (χ4n) is 1.10. The molecule has 0 bridgehead atoms. The van der Waals surface area contributed by atoms with E-state index in [-0.39, 0.29) is 5.56 Å². The van der Waals surface area contributed by atoms with E-state index in [0.717, 1.165) is 6.07 Å². The summed E-state index contributed by atoms with van der Waals surface area (Å²) in [4.78, 5) is 0. The first-order valence-corrected chi connectivity index (χ1v) is 4.09. The maximum atomic E-state index is 12.8. The monoisotopic (exact) mass is 223 g/mol. The summed E-state index contributed by atoms with van der Waals surface area (Å²) in [5.41, 5.74) is 3.99. The van der Waals surface area contributed by atoms with E-state index in [4.69, 9.17) is 10.8 Å². The second kappa shape index (κ2) is 4.16. The Labute approximate surface area is 83.3 Å². The van der Waals surface area contributed by atoms with Gasteiger partial charge in [0, 0.05) is 0 Å². The molecule has 0 saturated carbocycles. The van der Waals surface area contributed by atoms with Crippen LogP contribution in [0.5, 0.6) is 0 Å². The molecule has 0 aromatic heterocycles. The number of hydrogen-bond acceptors (Lipinski definition) is 2. The highest BCUT2D eigenvalue weighted by atomic mass is 19.4. The van der Waals surface area contributed by atoms with Gasteiger partial charge in [-0.15, -0.1) is 0 Å². The largest absolute Gasteiger partial charge is 0.419 e. The summed E-state index contributed by atoms with van der Waals surface area (Å²) in [5.74, 6) is -1.35. The van der Waals surface area contributed by atoms with E-state index in [0.29, 0.717) is 12.1 Å². The average Bonchev–Trinajstić information content (AvgIpc) is 2.15. The zero-order valence-corrected chi connectivity index (χ0v) is 7.55. The molecule has 3 N–H and O–H groups in total. The van der Waals surface area contributed by atoms with Crippen LogP contribution in [0, 0.1) is 5.82 Å². The van der Waals surface area contributed by atoms with Crippen molar-refractivity contribution in [3.63, 3.8) is 0 Å². The van der Waals surface area contributed by atoms with Gasteiger partial charge in [-0.3, -0.25) is 0 Å². The van der Waals surface area contributed by atoms with Crippen molar-refractivity contribution in [2.75, 3.05) is 6.61 Å². The smallest absolute Gasteiger partial charge is 0.394 e. The van der Waals surface area contributed by atoms with Gasteiger partial charge in [0.25, 0.3) is 0 Å². The third-order valence-corrected chi connectivity index (χ3v) is 1.92. The second-order valence-corrected chi connectivity index (χ2v) is 3.03. The molecule has 1 aromatic rings. The first kappa shape index (κ1) is 11.9. The van der Waals surface area contributed by atoms with E-state index in [1.54, 1.807) is 0 Å².